The molecule has 0 saturated carbocycles. The third kappa shape index (κ3) is 3.67. The van der Waals surface area contributed by atoms with Crippen LogP contribution in [0, 0.1) is 19.3 Å². The molecular weight excluding hydrogens is 352 g/mol. The number of hydrogen-bond acceptors (Lipinski definition) is 3. The SMILES string of the molecule is CC[C@]1(C(=O)N[C@H](CO)c2ccccc2)CC(=O)N(c2c(C)cccc2C)C1. The Morgan fingerprint density at radius 1 is 1.14 bits per heavy atom. The Labute approximate surface area is 166 Å². The molecule has 5 nitrogen and oxygen atoms in total. The lowest BCUT2D eigenvalue weighted by Crippen LogP contribution is -2.45. The first-order chi connectivity index (χ1) is 13.4. The zero-order chi connectivity index (χ0) is 20.3. The summed E-state index contributed by atoms with van der Waals surface area (Å²) in [5.74, 6) is -0.213. The predicted octanol–water partition coefficient (Wildman–Crippen LogP) is 3.29. The minimum Gasteiger partial charge on any atom is -0.394 e. The number of rotatable bonds is 6. The maximum atomic E-state index is 13.2. The lowest BCUT2D eigenvalue weighted by atomic mass is 9.82. The highest BCUT2D eigenvalue weighted by Gasteiger charge is 2.48. The van der Waals surface area contributed by atoms with E-state index in [1.807, 2.05) is 69.3 Å². The van der Waals surface area contributed by atoms with Gasteiger partial charge in [0.15, 0.2) is 0 Å². The highest BCUT2D eigenvalue weighted by molar-refractivity contribution is 6.03. The second-order valence-corrected chi connectivity index (χ2v) is 7.65. The van der Waals surface area contributed by atoms with Crippen LogP contribution in [0.15, 0.2) is 48.5 Å². The monoisotopic (exact) mass is 380 g/mol. The van der Waals surface area contributed by atoms with Crippen molar-refractivity contribution in [3.63, 3.8) is 0 Å². The number of nitrogens with one attached hydrogen (secondary N) is 1. The average molecular weight is 380 g/mol. The van der Waals surface area contributed by atoms with Crippen molar-refractivity contribution >= 4 is 17.5 Å². The van der Waals surface area contributed by atoms with Gasteiger partial charge in [-0.15, -0.1) is 0 Å². The van der Waals surface area contributed by atoms with E-state index in [0.29, 0.717) is 13.0 Å². The summed E-state index contributed by atoms with van der Waals surface area (Å²) in [5.41, 5.74) is 3.00. The summed E-state index contributed by atoms with van der Waals surface area (Å²) < 4.78 is 0. The first-order valence-electron chi connectivity index (χ1n) is 9.75. The van der Waals surface area contributed by atoms with Crippen molar-refractivity contribution in [1.82, 2.24) is 5.32 Å². The number of carbonyl (C=O) groups is 2. The first kappa shape index (κ1) is 20.1. The van der Waals surface area contributed by atoms with E-state index in [-0.39, 0.29) is 24.8 Å². The molecule has 3 rings (SSSR count). The Balaban J connectivity index is 1.85. The van der Waals surface area contributed by atoms with E-state index in [2.05, 4.69) is 5.32 Å². The van der Waals surface area contributed by atoms with Crippen LogP contribution in [0.1, 0.15) is 42.5 Å². The highest BCUT2D eigenvalue weighted by Crippen LogP contribution is 2.40. The van der Waals surface area contributed by atoms with Crippen LogP contribution >= 0.6 is 0 Å². The topological polar surface area (TPSA) is 69.6 Å². The molecule has 1 aliphatic rings. The summed E-state index contributed by atoms with van der Waals surface area (Å²) in [5, 5.41) is 12.8. The standard InChI is InChI=1S/C23H28N2O3/c1-4-23(22(28)24-19(14-26)18-11-6-5-7-12-18)13-20(27)25(15-23)21-16(2)9-8-10-17(21)3/h5-12,19,26H,4,13-15H2,1-3H3,(H,24,28)/t19-,23+/m1/s1. The van der Waals surface area contributed by atoms with Gasteiger partial charge in [0.2, 0.25) is 11.8 Å². The van der Waals surface area contributed by atoms with Crippen LogP contribution in [0.3, 0.4) is 0 Å². The molecule has 148 valence electrons. The molecule has 0 unspecified atom stereocenters. The molecule has 1 heterocycles. The van der Waals surface area contributed by atoms with Gasteiger partial charge in [-0.05, 0) is 37.0 Å². The minimum atomic E-state index is -0.798. The van der Waals surface area contributed by atoms with Gasteiger partial charge in [0.1, 0.15) is 0 Å². The van der Waals surface area contributed by atoms with Gasteiger partial charge in [-0.3, -0.25) is 9.59 Å². The molecule has 2 amide bonds. The maximum absolute atomic E-state index is 13.2. The number of aryl methyl sites for hydroxylation is 2. The van der Waals surface area contributed by atoms with E-state index in [9.17, 15) is 14.7 Å². The number of para-hydroxylation sites is 1. The van der Waals surface area contributed by atoms with Crippen LogP contribution in [-0.2, 0) is 9.59 Å². The van der Waals surface area contributed by atoms with Gasteiger partial charge in [0, 0.05) is 18.7 Å². The quantitative estimate of drug-likeness (QED) is 0.808. The van der Waals surface area contributed by atoms with Crippen LogP contribution in [0.2, 0.25) is 0 Å². The highest BCUT2D eigenvalue weighted by atomic mass is 16.3. The van der Waals surface area contributed by atoms with Crippen LogP contribution in [0.4, 0.5) is 5.69 Å². The van der Waals surface area contributed by atoms with E-state index >= 15 is 0 Å². The average Bonchev–Trinajstić information content (AvgIpc) is 3.04. The summed E-state index contributed by atoms with van der Waals surface area (Å²) in [6.45, 7) is 6.08. The lowest BCUT2D eigenvalue weighted by Gasteiger charge is -2.29. The summed E-state index contributed by atoms with van der Waals surface area (Å²) in [6.07, 6.45) is 0.731. The van der Waals surface area contributed by atoms with E-state index in [1.165, 1.54) is 0 Å². The molecule has 1 fully saturated rings. The van der Waals surface area contributed by atoms with Crippen LogP contribution in [0.5, 0.6) is 0 Å². The van der Waals surface area contributed by atoms with Gasteiger partial charge in [0.05, 0.1) is 18.1 Å². The van der Waals surface area contributed by atoms with Crippen molar-refractivity contribution in [3.8, 4) is 0 Å². The van der Waals surface area contributed by atoms with Crippen LogP contribution < -0.4 is 10.2 Å². The summed E-state index contributed by atoms with van der Waals surface area (Å²) >= 11 is 0. The number of hydrogen-bond donors (Lipinski definition) is 2. The van der Waals surface area contributed by atoms with Crippen molar-refractivity contribution in [1.29, 1.82) is 0 Å². The predicted molar refractivity (Wildman–Crippen MR) is 110 cm³/mol. The second-order valence-electron chi connectivity index (χ2n) is 7.65. The Hall–Kier alpha value is -2.66. The van der Waals surface area contributed by atoms with Crippen molar-refractivity contribution < 1.29 is 14.7 Å². The molecule has 2 atom stereocenters. The first-order valence-corrected chi connectivity index (χ1v) is 9.75. The molecule has 0 aromatic heterocycles. The van der Waals surface area contributed by atoms with E-state index in [1.54, 1.807) is 4.90 Å². The molecule has 0 spiro atoms. The molecule has 2 aromatic carbocycles. The Bertz CT molecular complexity index is 845. The van der Waals surface area contributed by atoms with Crippen molar-refractivity contribution in [2.24, 2.45) is 5.41 Å². The van der Waals surface area contributed by atoms with Gasteiger partial charge in [0.25, 0.3) is 0 Å². The number of nitrogens with zero attached hydrogens (tertiary/aromatic N) is 1. The van der Waals surface area contributed by atoms with Crippen molar-refractivity contribution in [2.75, 3.05) is 18.1 Å². The summed E-state index contributed by atoms with van der Waals surface area (Å²) in [4.78, 5) is 27.9. The Kier molecular flexibility index (Phi) is 5.84. The number of carbonyl (C=O) groups excluding carboxylic acids is 2. The maximum Gasteiger partial charge on any atom is 0.229 e. The molecule has 0 radical (unpaired) electrons. The van der Waals surface area contributed by atoms with Gasteiger partial charge in [-0.2, -0.15) is 0 Å². The summed E-state index contributed by atoms with van der Waals surface area (Å²) in [7, 11) is 0. The molecule has 1 aliphatic heterocycles. The molecule has 0 bridgehead atoms. The van der Waals surface area contributed by atoms with Gasteiger partial charge >= 0.3 is 0 Å². The minimum absolute atomic E-state index is 0.0327. The number of amides is 2. The third-order valence-electron chi connectivity index (χ3n) is 5.81. The molecule has 5 heteroatoms. The molecule has 1 saturated heterocycles. The second kappa shape index (κ2) is 8.15. The number of anilines is 1. The lowest BCUT2D eigenvalue weighted by molar-refractivity contribution is -0.133. The van der Waals surface area contributed by atoms with Gasteiger partial charge in [-0.1, -0.05) is 55.5 Å². The zero-order valence-corrected chi connectivity index (χ0v) is 16.7. The van der Waals surface area contributed by atoms with Gasteiger partial charge in [-0.25, -0.2) is 0 Å². The van der Waals surface area contributed by atoms with Crippen LogP contribution in [-0.4, -0.2) is 30.1 Å². The summed E-state index contributed by atoms with van der Waals surface area (Å²) in [6, 6.07) is 14.9. The zero-order valence-electron chi connectivity index (χ0n) is 16.7. The molecule has 2 N–H and O–H groups in total. The van der Waals surface area contributed by atoms with Gasteiger partial charge < -0.3 is 15.3 Å². The molecule has 0 aliphatic carbocycles. The molecule has 28 heavy (non-hydrogen) atoms. The fourth-order valence-electron chi connectivity index (χ4n) is 4.05. The largest absolute Gasteiger partial charge is 0.394 e. The van der Waals surface area contributed by atoms with Crippen molar-refractivity contribution in [3.05, 3.63) is 65.2 Å². The number of aliphatic hydroxyl groups is 1. The molecular formula is C23H28N2O3. The fourth-order valence-corrected chi connectivity index (χ4v) is 4.05. The Morgan fingerprint density at radius 3 is 2.36 bits per heavy atom. The van der Waals surface area contributed by atoms with E-state index < -0.39 is 11.5 Å². The number of benzene rings is 2. The normalized spacial score (nSPS) is 20.3. The third-order valence-corrected chi connectivity index (χ3v) is 5.81. The smallest absolute Gasteiger partial charge is 0.229 e. The van der Waals surface area contributed by atoms with E-state index in [0.717, 1.165) is 22.4 Å². The van der Waals surface area contributed by atoms with Crippen molar-refractivity contribution in [2.45, 2.75) is 39.7 Å². The Morgan fingerprint density at radius 2 is 1.79 bits per heavy atom. The van der Waals surface area contributed by atoms with Crippen LogP contribution in [0.25, 0.3) is 0 Å². The number of aliphatic hydroxyl groups excluding tert-OH is 1. The molecule has 2 aromatic rings. The van der Waals surface area contributed by atoms with E-state index in [4.69, 9.17) is 0 Å². The fraction of sp³-hybridized carbons (Fsp3) is 0.391.